The normalized spacial score (nSPS) is 11.9. The number of pyridine rings is 2. The van der Waals surface area contributed by atoms with Gasteiger partial charge in [0.1, 0.15) is 28.3 Å². The molecule has 7 heteroatoms. The molecular weight excluding hydrogens is 629 g/mol. The number of imidazole rings is 2. The van der Waals surface area contributed by atoms with E-state index < -0.39 is 0 Å². The molecule has 10 aromatic rings. The lowest BCUT2D eigenvalue weighted by molar-refractivity contribution is 0.484. The van der Waals surface area contributed by atoms with Gasteiger partial charge in [0.25, 0.3) is 0 Å². The Morgan fingerprint density at radius 2 is 1.04 bits per heavy atom. The fourth-order valence-electron chi connectivity index (χ4n) is 8.12. The summed E-state index contributed by atoms with van der Waals surface area (Å²) in [6.45, 7) is 8.81. The third-order valence-corrected chi connectivity index (χ3v) is 10.3. The minimum absolute atomic E-state index is 0.713. The lowest BCUT2D eigenvalue weighted by Crippen LogP contribution is -1.98. The third-order valence-electron chi connectivity index (χ3n) is 10.3. The third kappa shape index (κ3) is 4.37. The Kier molecular flexibility index (Phi) is 6.30. The Hall–Kier alpha value is -6.60. The fraction of sp³-hybridized carbons (Fsp3) is 0.0909. The number of rotatable bonds is 4. The Balaban J connectivity index is 1.20. The zero-order valence-electron chi connectivity index (χ0n) is 28.6. The van der Waals surface area contributed by atoms with Crippen molar-refractivity contribution >= 4 is 54.9 Å². The molecule has 0 N–H and O–H groups in total. The first-order chi connectivity index (χ1) is 24.9. The van der Waals surface area contributed by atoms with Gasteiger partial charge in [-0.2, -0.15) is 0 Å². The molecule has 0 saturated carbocycles. The summed E-state index contributed by atoms with van der Waals surface area (Å²) >= 11 is 0. The lowest BCUT2D eigenvalue weighted by Gasteiger charge is -2.20. The Labute approximate surface area is 293 Å². The highest BCUT2D eigenvalue weighted by Gasteiger charge is 2.20. The summed E-state index contributed by atoms with van der Waals surface area (Å²) in [6, 6.07) is 30.2. The van der Waals surface area contributed by atoms with Crippen LogP contribution in [0.5, 0.6) is 11.5 Å². The van der Waals surface area contributed by atoms with E-state index in [2.05, 4.69) is 120 Å². The minimum atomic E-state index is 0.713. The molecule has 0 aliphatic rings. The van der Waals surface area contributed by atoms with Gasteiger partial charge < -0.3 is 4.74 Å². The van der Waals surface area contributed by atoms with Crippen LogP contribution in [-0.4, -0.2) is 28.7 Å². The molecule has 0 aliphatic heterocycles. The summed E-state index contributed by atoms with van der Waals surface area (Å²) in [5.41, 5.74) is 14.4. The molecule has 5 aromatic heterocycles. The quantitative estimate of drug-likeness (QED) is 0.176. The molecule has 0 bridgehead atoms. The van der Waals surface area contributed by atoms with Crippen LogP contribution < -0.4 is 4.74 Å². The van der Waals surface area contributed by atoms with E-state index in [0.717, 1.165) is 55.3 Å². The van der Waals surface area contributed by atoms with Gasteiger partial charge in [-0.15, -0.1) is 0 Å². The average Bonchev–Trinajstić information content (AvgIpc) is 3.83. The molecule has 0 unspecified atom stereocenters. The first kappa shape index (κ1) is 29.3. The van der Waals surface area contributed by atoms with Gasteiger partial charge in [0.05, 0.1) is 5.52 Å². The number of fused-ring (bicyclic) bond motifs is 12. The summed E-state index contributed by atoms with van der Waals surface area (Å²) < 4.78 is 10.8. The molecule has 244 valence electrons. The second kappa shape index (κ2) is 11.0. The van der Waals surface area contributed by atoms with E-state index in [4.69, 9.17) is 9.72 Å². The summed E-state index contributed by atoms with van der Waals surface area (Å²) in [5, 5.41) is 5.24. The highest BCUT2D eigenvalue weighted by molar-refractivity contribution is 6.17. The van der Waals surface area contributed by atoms with Crippen molar-refractivity contribution in [2.75, 3.05) is 0 Å². The average molecular weight is 661 g/mol. The van der Waals surface area contributed by atoms with Crippen molar-refractivity contribution in [3.05, 3.63) is 144 Å². The van der Waals surface area contributed by atoms with Crippen molar-refractivity contribution in [1.29, 1.82) is 0 Å². The van der Waals surface area contributed by atoms with Gasteiger partial charge in [0.15, 0.2) is 5.65 Å². The number of hydrogen-bond acceptors (Lipinski definition) is 5. The van der Waals surface area contributed by atoms with Crippen molar-refractivity contribution in [1.82, 2.24) is 28.7 Å². The van der Waals surface area contributed by atoms with Crippen molar-refractivity contribution in [2.45, 2.75) is 27.7 Å². The van der Waals surface area contributed by atoms with E-state index in [-0.39, 0.29) is 0 Å². The maximum absolute atomic E-state index is 6.61. The number of nitrogens with zero attached hydrogens (tertiary/aromatic N) is 6. The summed E-state index contributed by atoms with van der Waals surface area (Å²) in [6.07, 6.45) is 11.1. The van der Waals surface area contributed by atoms with Crippen molar-refractivity contribution in [3.8, 4) is 33.8 Å². The van der Waals surface area contributed by atoms with Crippen LogP contribution in [0.25, 0.3) is 77.2 Å². The lowest BCUT2D eigenvalue weighted by atomic mass is 9.87. The van der Waals surface area contributed by atoms with E-state index in [0.29, 0.717) is 5.75 Å². The molecule has 0 aliphatic carbocycles. The zero-order chi connectivity index (χ0) is 34.4. The van der Waals surface area contributed by atoms with Crippen LogP contribution in [0.2, 0.25) is 0 Å². The van der Waals surface area contributed by atoms with Gasteiger partial charge >= 0.3 is 0 Å². The van der Waals surface area contributed by atoms with Gasteiger partial charge in [-0.1, -0.05) is 36.4 Å². The van der Waals surface area contributed by atoms with Crippen LogP contribution in [0.4, 0.5) is 0 Å². The number of benzene rings is 5. The molecule has 5 aromatic carbocycles. The standard InChI is InChI=1S/C44H32N6O/c1-25-7-5-8-26(2)38(25)29-21-34-32-13-11-30(51-31-12-14-33-36(24-31)43-48-18-20-50(43)44-40(33)45-15-16-46-44)23-35(32)42-47-17-19-49(42)41(34)37(22-29)39-27(3)9-6-10-28(39)4/h5-24H,1-4H3. The van der Waals surface area contributed by atoms with E-state index in [1.54, 1.807) is 18.6 Å². The predicted octanol–water partition coefficient (Wildman–Crippen LogP) is 10.7. The topological polar surface area (TPSA) is 69.6 Å². The minimum Gasteiger partial charge on any atom is -0.457 e. The van der Waals surface area contributed by atoms with Crippen LogP contribution in [-0.2, 0) is 0 Å². The predicted molar refractivity (Wildman–Crippen MR) is 206 cm³/mol. The molecular formula is C44H32N6O. The SMILES string of the molecule is Cc1cccc(C)c1-c1cc(-c2c(C)cccc2C)c2c(c1)c1ccc(Oc3ccc4c(c3)c3nccn3c3nccnc43)cc1c1nccn12. The Morgan fingerprint density at radius 3 is 1.75 bits per heavy atom. The van der Waals surface area contributed by atoms with E-state index in [1.165, 1.54) is 49.9 Å². The Morgan fingerprint density at radius 1 is 0.471 bits per heavy atom. The van der Waals surface area contributed by atoms with Crippen LogP contribution in [0.1, 0.15) is 22.3 Å². The van der Waals surface area contributed by atoms with Crippen LogP contribution >= 0.6 is 0 Å². The molecule has 51 heavy (non-hydrogen) atoms. The second-order valence-electron chi connectivity index (χ2n) is 13.4. The first-order valence-electron chi connectivity index (χ1n) is 17.1. The number of aromatic nitrogens is 6. The molecule has 7 nitrogen and oxygen atoms in total. The fourth-order valence-corrected chi connectivity index (χ4v) is 8.12. The molecule has 0 fully saturated rings. The zero-order valence-corrected chi connectivity index (χ0v) is 28.6. The van der Waals surface area contributed by atoms with Gasteiger partial charge in [-0.25, -0.2) is 15.0 Å². The molecule has 0 atom stereocenters. The van der Waals surface area contributed by atoms with Crippen LogP contribution in [0.15, 0.2) is 122 Å². The van der Waals surface area contributed by atoms with Crippen molar-refractivity contribution < 1.29 is 4.74 Å². The largest absolute Gasteiger partial charge is 0.457 e. The van der Waals surface area contributed by atoms with Crippen molar-refractivity contribution in [2.24, 2.45) is 0 Å². The highest BCUT2D eigenvalue weighted by atomic mass is 16.5. The van der Waals surface area contributed by atoms with Gasteiger partial charge in [0.2, 0.25) is 0 Å². The van der Waals surface area contributed by atoms with Crippen LogP contribution in [0, 0.1) is 27.7 Å². The highest BCUT2D eigenvalue weighted by Crippen LogP contribution is 2.43. The summed E-state index contributed by atoms with van der Waals surface area (Å²) in [4.78, 5) is 18.8. The van der Waals surface area contributed by atoms with Gasteiger partial charge in [-0.3, -0.25) is 13.8 Å². The second-order valence-corrected chi connectivity index (χ2v) is 13.4. The molecule has 5 heterocycles. The summed E-state index contributed by atoms with van der Waals surface area (Å²) in [7, 11) is 0. The van der Waals surface area contributed by atoms with Crippen molar-refractivity contribution in [3.63, 3.8) is 0 Å². The van der Waals surface area contributed by atoms with E-state index in [9.17, 15) is 0 Å². The smallest absolute Gasteiger partial charge is 0.165 e. The molecule has 0 spiro atoms. The maximum Gasteiger partial charge on any atom is 0.165 e. The monoisotopic (exact) mass is 660 g/mol. The number of hydrogen-bond donors (Lipinski definition) is 0. The van der Waals surface area contributed by atoms with E-state index in [1.807, 2.05) is 35.0 Å². The van der Waals surface area contributed by atoms with Gasteiger partial charge in [0, 0.05) is 64.3 Å². The molecule has 0 radical (unpaired) electrons. The first-order valence-corrected chi connectivity index (χ1v) is 17.1. The molecule has 0 saturated heterocycles. The molecule has 0 amide bonds. The number of ether oxygens (including phenoxy) is 1. The van der Waals surface area contributed by atoms with Crippen LogP contribution in [0.3, 0.4) is 0 Å². The molecule has 10 rings (SSSR count). The Bertz CT molecular complexity index is 3020. The van der Waals surface area contributed by atoms with E-state index >= 15 is 0 Å². The number of aryl methyl sites for hydroxylation is 4. The van der Waals surface area contributed by atoms with Gasteiger partial charge in [-0.05, 0) is 121 Å². The maximum atomic E-state index is 6.61. The summed E-state index contributed by atoms with van der Waals surface area (Å²) in [5.74, 6) is 1.44.